The van der Waals surface area contributed by atoms with E-state index in [1.54, 1.807) is 28.2 Å². The second kappa shape index (κ2) is 9.74. The van der Waals surface area contributed by atoms with Crippen LogP contribution in [0.25, 0.3) is 11.5 Å². The van der Waals surface area contributed by atoms with Crippen molar-refractivity contribution in [2.24, 2.45) is 5.92 Å². The number of para-hydroxylation sites is 1. The van der Waals surface area contributed by atoms with E-state index in [0.717, 1.165) is 24.1 Å². The first-order chi connectivity index (χ1) is 16.7. The summed E-state index contributed by atoms with van der Waals surface area (Å²) in [6.07, 6.45) is 10.4. The van der Waals surface area contributed by atoms with Gasteiger partial charge in [-0.3, -0.25) is 14.6 Å². The number of aromatic nitrogens is 4. The van der Waals surface area contributed by atoms with Gasteiger partial charge in [-0.05, 0) is 48.7 Å². The summed E-state index contributed by atoms with van der Waals surface area (Å²) < 4.78 is 3.67. The molecule has 1 N–H and O–H groups in total. The first kappa shape index (κ1) is 21.6. The second-order valence-corrected chi connectivity index (χ2v) is 8.39. The lowest BCUT2D eigenvalue weighted by Crippen LogP contribution is -2.45. The Morgan fingerprint density at radius 3 is 2.59 bits per heavy atom. The number of rotatable bonds is 6. The molecule has 1 fully saturated rings. The highest BCUT2D eigenvalue weighted by Gasteiger charge is 2.31. The van der Waals surface area contributed by atoms with Gasteiger partial charge in [0.1, 0.15) is 5.56 Å². The van der Waals surface area contributed by atoms with Gasteiger partial charge in [0.05, 0.1) is 17.8 Å². The molecule has 34 heavy (non-hydrogen) atoms. The molecule has 1 aliphatic rings. The lowest BCUT2D eigenvalue weighted by atomic mass is 9.96. The van der Waals surface area contributed by atoms with Crippen LogP contribution in [0, 0.1) is 5.92 Å². The summed E-state index contributed by atoms with van der Waals surface area (Å²) in [4.78, 5) is 32.3. The van der Waals surface area contributed by atoms with Crippen molar-refractivity contribution in [1.29, 1.82) is 0 Å². The van der Waals surface area contributed by atoms with E-state index in [4.69, 9.17) is 0 Å². The lowest BCUT2D eigenvalue weighted by Gasteiger charge is -2.32. The molecular formula is C26H26N6O2. The minimum atomic E-state index is -0.242. The summed E-state index contributed by atoms with van der Waals surface area (Å²) in [6, 6.07) is 17.4. The van der Waals surface area contributed by atoms with Crippen LogP contribution in [0.5, 0.6) is 0 Å². The van der Waals surface area contributed by atoms with E-state index in [-0.39, 0.29) is 17.7 Å². The van der Waals surface area contributed by atoms with Crippen LogP contribution in [0.4, 0.5) is 0 Å². The number of hydrogen-bond donors (Lipinski definition) is 1. The fourth-order valence-electron chi connectivity index (χ4n) is 4.36. The van der Waals surface area contributed by atoms with Crippen molar-refractivity contribution in [3.8, 4) is 11.5 Å². The Labute approximate surface area is 197 Å². The number of hydrogen-bond acceptors (Lipinski definition) is 4. The standard InChI is InChI=1S/C26H26N6O2/c33-24(28-17-20-8-6-12-27-16-20)21-9-7-15-31(19-21)26(34)23-18-29-32(22-10-2-1-3-11-22)25(23)30-13-4-5-14-30/h1-6,8,10-14,16,18,21H,7,9,15,17,19H2,(H,28,33). The molecule has 0 saturated carbocycles. The SMILES string of the molecule is O=C(NCc1cccnc1)C1CCCN(C(=O)c2cnn(-c3ccccc3)c2-n2cccc2)C1. The van der Waals surface area contributed by atoms with Gasteiger partial charge in [0.15, 0.2) is 5.82 Å². The van der Waals surface area contributed by atoms with E-state index in [2.05, 4.69) is 15.4 Å². The van der Waals surface area contributed by atoms with Crippen LogP contribution in [0.15, 0.2) is 85.6 Å². The smallest absolute Gasteiger partial charge is 0.259 e. The predicted octanol–water partition coefficient (Wildman–Crippen LogP) is 3.23. The van der Waals surface area contributed by atoms with Crippen molar-refractivity contribution in [2.75, 3.05) is 13.1 Å². The van der Waals surface area contributed by atoms with E-state index in [1.807, 2.05) is 71.6 Å². The van der Waals surface area contributed by atoms with Crippen molar-refractivity contribution in [3.05, 3.63) is 96.7 Å². The normalized spacial score (nSPS) is 15.8. The average molecular weight is 455 g/mol. The Bertz CT molecular complexity index is 1250. The minimum Gasteiger partial charge on any atom is -0.352 e. The number of carbonyl (C=O) groups is 2. The maximum Gasteiger partial charge on any atom is 0.259 e. The number of benzene rings is 1. The van der Waals surface area contributed by atoms with Crippen LogP contribution in [0.1, 0.15) is 28.8 Å². The Hall–Kier alpha value is -4.20. The van der Waals surface area contributed by atoms with Gasteiger partial charge in [-0.15, -0.1) is 0 Å². The third kappa shape index (κ3) is 4.47. The maximum absolute atomic E-state index is 13.6. The molecule has 1 unspecified atom stereocenters. The molecule has 1 atom stereocenters. The molecule has 4 heterocycles. The summed E-state index contributed by atoms with van der Waals surface area (Å²) in [5, 5.41) is 7.53. The fourth-order valence-corrected chi connectivity index (χ4v) is 4.36. The Morgan fingerprint density at radius 1 is 1.00 bits per heavy atom. The monoisotopic (exact) mass is 454 g/mol. The van der Waals surface area contributed by atoms with Crippen LogP contribution < -0.4 is 5.32 Å². The number of nitrogens with one attached hydrogen (secondary N) is 1. The van der Waals surface area contributed by atoms with Gasteiger partial charge in [-0.1, -0.05) is 24.3 Å². The van der Waals surface area contributed by atoms with Crippen molar-refractivity contribution >= 4 is 11.8 Å². The van der Waals surface area contributed by atoms with Crippen molar-refractivity contribution in [1.82, 2.24) is 29.5 Å². The molecule has 0 aliphatic carbocycles. The highest BCUT2D eigenvalue weighted by atomic mass is 16.2. The molecule has 2 amide bonds. The first-order valence-electron chi connectivity index (χ1n) is 11.4. The zero-order valence-corrected chi connectivity index (χ0v) is 18.7. The second-order valence-electron chi connectivity index (χ2n) is 8.39. The van der Waals surface area contributed by atoms with E-state index in [9.17, 15) is 9.59 Å². The molecule has 1 aliphatic heterocycles. The summed E-state index contributed by atoms with van der Waals surface area (Å²) in [6.45, 7) is 1.44. The van der Waals surface area contributed by atoms with Crippen molar-refractivity contribution in [2.45, 2.75) is 19.4 Å². The summed E-state index contributed by atoms with van der Waals surface area (Å²) in [5.41, 5.74) is 2.33. The van der Waals surface area contributed by atoms with Crippen LogP contribution in [-0.2, 0) is 11.3 Å². The molecule has 0 spiro atoms. The van der Waals surface area contributed by atoms with Gasteiger partial charge in [0.2, 0.25) is 5.91 Å². The molecule has 3 aromatic heterocycles. The number of pyridine rings is 1. The first-order valence-corrected chi connectivity index (χ1v) is 11.4. The molecule has 4 aromatic rings. The third-order valence-electron chi connectivity index (χ3n) is 6.09. The number of nitrogens with zero attached hydrogens (tertiary/aromatic N) is 5. The van der Waals surface area contributed by atoms with E-state index in [0.29, 0.717) is 31.0 Å². The highest BCUT2D eigenvalue weighted by Crippen LogP contribution is 2.24. The van der Waals surface area contributed by atoms with Crippen LogP contribution in [0.2, 0.25) is 0 Å². The van der Waals surface area contributed by atoms with E-state index >= 15 is 0 Å². The zero-order chi connectivity index (χ0) is 23.3. The molecule has 0 radical (unpaired) electrons. The minimum absolute atomic E-state index is 0.0352. The fraction of sp³-hybridized carbons (Fsp3) is 0.231. The van der Waals surface area contributed by atoms with Crippen LogP contribution in [-0.4, -0.2) is 49.1 Å². The number of carbonyl (C=O) groups excluding carboxylic acids is 2. The summed E-state index contributed by atoms with van der Waals surface area (Å²) in [7, 11) is 0. The average Bonchev–Trinajstić information content (AvgIpc) is 3.58. The van der Waals surface area contributed by atoms with Crippen LogP contribution >= 0.6 is 0 Å². The molecule has 172 valence electrons. The van der Waals surface area contributed by atoms with Gasteiger partial charge in [-0.2, -0.15) is 5.10 Å². The topological polar surface area (TPSA) is 85.1 Å². The van der Waals surface area contributed by atoms with E-state index < -0.39 is 0 Å². The number of amides is 2. The molecular weight excluding hydrogens is 428 g/mol. The molecule has 5 rings (SSSR count). The molecule has 1 aromatic carbocycles. The number of piperidine rings is 1. The van der Waals surface area contributed by atoms with Crippen molar-refractivity contribution in [3.63, 3.8) is 0 Å². The summed E-state index contributed by atoms with van der Waals surface area (Å²) >= 11 is 0. The Morgan fingerprint density at radius 2 is 1.82 bits per heavy atom. The van der Waals surface area contributed by atoms with Gasteiger partial charge in [0, 0.05) is 44.4 Å². The van der Waals surface area contributed by atoms with Gasteiger partial charge in [-0.25, -0.2) is 4.68 Å². The van der Waals surface area contributed by atoms with Gasteiger partial charge < -0.3 is 14.8 Å². The number of likely N-dealkylation sites (tertiary alicyclic amines) is 1. The molecule has 0 bridgehead atoms. The Kier molecular flexibility index (Phi) is 6.20. The largest absolute Gasteiger partial charge is 0.352 e. The third-order valence-corrected chi connectivity index (χ3v) is 6.09. The Balaban J connectivity index is 1.35. The summed E-state index contributed by atoms with van der Waals surface area (Å²) in [5.74, 6) is 0.292. The highest BCUT2D eigenvalue weighted by molar-refractivity contribution is 5.97. The molecule has 8 heteroatoms. The predicted molar refractivity (Wildman–Crippen MR) is 128 cm³/mol. The van der Waals surface area contributed by atoms with Crippen molar-refractivity contribution < 1.29 is 9.59 Å². The zero-order valence-electron chi connectivity index (χ0n) is 18.7. The van der Waals surface area contributed by atoms with Gasteiger partial charge in [0.25, 0.3) is 5.91 Å². The van der Waals surface area contributed by atoms with Gasteiger partial charge >= 0.3 is 0 Å². The van der Waals surface area contributed by atoms with E-state index in [1.165, 1.54) is 0 Å². The quantitative estimate of drug-likeness (QED) is 0.485. The maximum atomic E-state index is 13.6. The molecule has 1 saturated heterocycles. The molecule has 8 nitrogen and oxygen atoms in total. The lowest BCUT2D eigenvalue weighted by molar-refractivity contribution is -0.126. The van der Waals surface area contributed by atoms with Crippen LogP contribution in [0.3, 0.4) is 0 Å².